The molecule has 1 N–H and O–H groups in total. The van der Waals surface area contributed by atoms with E-state index in [1.54, 1.807) is 47.4 Å². The fraction of sp³-hybridized carbons (Fsp3) is 0.297. The minimum atomic E-state index is -4.16. The Morgan fingerprint density at radius 1 is 0.848 bits per heavy atom. The molecule has 4 aromatic carbocycles. The first-order chi connectivity index (χ1) is 22.2. The summed E-state index contributed by atoms with van der Waals surface area (Å²) in [6.45, 7) is 1.61. The zero-order valence-electron chi connectivity index (χ0n) is 26.3. The number of ether oxygens (including phenoxy) is 1. The van der Waals surface area contributed by atoms with Gasteiger partial charge >= 0.3 is 0 Å². The van der Waals surface area contributed by atoms with Gasteiger partial charge < -0.3 is 15.0 Å². The molecule has 0 spiro atoms. The molecule has 1 aliphatic carbocycles. The topological polar surface area (TPSA) is 96.0 Å². The maximum absolute atomic E-state index is 14.6. The van der Waals surface area contributed by atoms with Crippen molar-refractivity contribution in [3.8, 4) is 5.75 Å². The van der Waals surface area contributed by atoms with E-state index in [0.717, 1.165) is 46.7 Å². The number of carbonyl (C=O) groups excluding carboxylic acids is 2. The van der Waals surface area contributed by atoms with Crippen LogP contribution in [0.15, 0.2) is 114 Å². The molecule has 240 valence electrons. The van der Waals surface area contributed by atoms with Gasteiger partial charge in [0.1, 0.15) is 18.3 Å². The molecule has 0 aliphatic heterocycles. The predicted octanol–water partition coefficient (Wildman–Crippen LogP) is 5.90. The average Bonchev–Trinajstić information content (AvgIpc) is 3.59. The zero-order chi connectivity index (χ0) is 32.5. The van der Waals surface area contributed by atoms with Gasteiger partial charge in [0.15, 0.2) is 0 Å². The molecule has 9 heteroatoms. The number of nitrogens with zero attached hydrogens (tertiary/aromatic N) is 2. The first kappa shape index (κ1) is 32.8. The van der Waals surface area contributed by atoms with Crippen molar-refractivity contribution in [1.82, 2.24) is 10.2 Å². The van der Waals surface area contributed by atoms with E-state index in [9.17, 15) is 18.0 Å². The molecule has 46 heavy (non-hydrogen) atoms. The maximum atomic E-state index is 14.6. The number of hydrogen-bond acceptors (Lipinski definition) is 5. The van der Waals surface area contributed by atoms with Crippen molar-refractivity contribution < 1.29 is 22.7 Å². The SMILES string of the molecule is COc1ccc(N(CC(=O)N(Cc2cccc(C)c2)[C@H](Cc2ccccc2)C(=O)NC2CCCC2)S(=O)(=O)c2ccccc2)cc1. The number of rotatable bonds is 13. The van der Waals surface area contributed by atoms with Crippen molar-refractivity contribution in [3.63, 3.8) is 0 Å². The molecule has 0 aromatic heterocycles. The molecule has 1 atom stereocenters. The van der Waals surface area contributed by atoms with Crippen LogP contribution in [0.4, 0.5) is 5.69 Å². The van der Waals surface area contributed by atoms with Crippen LogP contribution in [0.1, 0.15) is 42.4 Å². The molecule has 2 amide bonds. The van der Waals surface area contributed by atoms with E-state index >= 15 is 0 Å². The van der Waals surface area contributed by atoms with Crippen molar-refractivity contribution >= 4 is 27.5 Å². The van der Waals surface area contributed by atoms with Crippen molar-refractivity contribution in [1.29, 1.82) is 0 Å². The standard InChI is InChI=1S/C37H41N3O5S/c1-28-12-11-15-30(24-28)26-39(35(25-29-13-5-3-6-14-29)37(42)38-31-16-9-10-17-31)36(41)27-40(32-20-22-33(45-2)23-21-32)46(43,44)34-18-7-4-8-19-34/h3-8,11-15,18-24,31,35H,9-10,16-17,25-27H2,1-2H3,(H,38,42)/t35-/m1/s1. The Hall–Kier alpha value is -4.63. The number of sulfonamides is 1. The minimum absolute atomic E-state index is 0.0518. The van der Waals surface area contributed by atoms with E-state index < -0.39 is 28.5 Å². The molecular formula is C37H41N3O5S. The fourth-order valence-electron chi connectivity index (χ4n) is 5.93. The third-order valence-corrected chi connectivity index (χ3v) is 10.2. The first-order valence-corrected chi connectivity index (χ1v) is 17.1. The van der Waals surface area contributed by atoms with Gasteiger partial charge in [-0.05, 0) is 67.3 Å². The highest BCUT2D eigenvalue weighted by Crippen LogP contribution is 2.27. The lowest BCUT2D eigenvalue weighted by Gasteiger charge is -2.34. The number of methoxy groups -OCH3 is 1. The first-order valence-electron chi connectivity index (χ1n) is 15.7. The second kappa shape index (κ2) is 15.1. The van der Waals surface area contributed by atoms with E-state index in [2.05, 4.69) is 5.32 Å². The summed E-state index contributed by atoms with van der Waals surface area (Å²) < 4.78 is 34.6. The molecule has 5 rings (SSSR count). The molecule has 8 nitrogen and oxygen atoms in total. The van der Waals surface area contributed by atoms with E-state index in [0.29, 0.717) is 11.4 Å². The number of carbonyl (C=O) groups is 2. The van der Waals surface area contributed by atoms with Crippen LogP contribution in [-0.4, -0.2) is 50.9 Å². The lowest BCUT2D eigenvalue weighted by atomic mass is 10.0. The monoisotopic (exact) mass is 639 g/mol. The maximum Gasteiger partial charge on any atom is 0.264 e. The van der Waals surface area contributed by atoms with Crippen LogP contribution in [0, 0.1) is 6.92 Å². The Balaban J connectivity index is 1.56. The van der Waals surface area contributed by atoms with E-state index in [1.807, 2.05) is 61.5 Å². The van der Waals surface area contributed by atoms with Gasteiger partial charge in [-0.3, -0.25) is 13.9 Å². The summed E-state index contributed by atoms with van der Waals surface area (Å²) in [5.41, 5.74) is 3.08. The lowest BCUT2D eigenvalue weighted by molar-refractivity contribution is -0.140. The number of hydrogen-bond donors (Lipinski definition) is 1. The second-order valence-electron chi connectivity index (χ2n) is 11.7. The highest BCUT2D eigenvalue weighted by Gasteiger charge is 2.35. The van der Waals surface area contributed by atoms with Gasteiger partial charge in [-0.25, -0.2) is 8.42 Å². The third kappa shape index (κ3) is 8.14. The number of benzene rings is 4. The molecule has 4 aromatic rings. The molecule has 0 heterocycles. The van der Waals surface area contributed by atoms with Gasteiger partial charge in [0, 0.05) is 19.0 Å². The van der Waals surface area contributed by atoms with Crippen LogP contribution in [0.2, 0.25) is 0 Å². The predicted molar refractivity (Wildman–Crippen MR) is 180 cm³/mol. The summed E-state index contributed by atoms with van der Waals surface area (Å²) in [6.07, 6.45) is 4.18. The number of aryl methyl sites for hydroxylation is 1. The number of anilines is 1. The summed E-state index contributed by atoms with van der Waals surface area (Å²) in [4.78, 5) is 30.3. The van der Waals surface area contributed by atoms with Crippen molar-refractivity contribution in [2.24, 2.45) is 0 Å². The van der Waals surface area contributed by atoms with E-state index in [1.165, 1.54) is 19.2 Å². The van der Waals surface area contributed by atoms with Gasteiger partial charge in [-0.2, -0.15) is 0 Å². The normalized spacial score (nSPS) is 14.0. The average molecular weight is 640 g/mol. The Labute approximate surface area is 272 Å². The highest BCUT2D eigenvalue weighted by molar-refractivity contribution is 7.92. The fourth-order valence-corrected chi connectivity index (χ4v) is 7.36. The Morgan fingerprint density at radius 3 is 2.11 bits per heavy atom. The summed E-state index contributed by atoms with van der Waals surface area (Å²) in [5, 5.41) is 3.21. The van der Waals surface area contributed by atoms with Crippen LogP contribution in [-0.2, 0) is 32.6 Å². The van der Waals surface area contributed by atoms with Gasteiger partial charge in [0.2, 0.25) is 11.8 Å². The van der Waals surface area contributed by atoms with Gasteiger partial charge in [0.25, 0.3) is 10.0 Å². The van der Waals surface area contributed by atoms with Crippen molar-refractivity contribution in [3.05, 3.63) is 126 Å². The van der Waals surface area contributed by atoms with Crippen molar-refractivity contribution in [2.75, 3.05) is 18.0 Å². The summed E-state index contributed by atoms with van der Waals surface area (Å²) in [7, 11) is -2.63. The highest BCUT2D eigenvalue weighted by atomic mass is 32.2. The number of nitrogens with one attached hydrogen (secondary N) is 1. The van der Waals surface area contributed by atoms with E-state index in [-0.39, 0.29) is 29.8 Å². The van der Waals surface area contributed by atoms with Crippen LogP contribution >= 0.6 is 0 Å². The van der Waals surface area contributed by atoms with Gasteiger partial charge in [0.05, 0.1) is 17.7 Å². The Kier molecular flexibility index (Phi) is 10.8. The molecule has 0 radical (unpaired) electrons. The largest absolute Gasteiger partial charge is 0.497 e. The van der Waals surface area contributed by atoms with Crippen LogP contribution in [0.5, 0.6) is 5.75 Å². The van der Waals surface area contributed by atoms with E-state index in [4.69, 9.17) is 4.74 Å². The second-order valence-corrected chi connectivity index (χ2v) is 13.6. The van der Waals surface area contributed by atoms with Crippen LogP contribution < -0.4 is 14.4 Å². The molecule has 1 aliphatic rings. The van der Waals surface area contributed by atoms with Crippen molar-refractivity contribution in [2.45, 2.75) is 62.6 Å². The zero-order valence-corrected chi connectivity index (χ0v) is 27.2. The molecular weight excluding hydrogens is 598 g/mol. The van der Waals surface area contributed by atoms with Gasteiger partial charge in [-0.15, -0.1) is 0 Å². The molecule has 0 saturated heterocycles. The molecule has 1 saturated carbocycles. The summed E-state index contributed by atoms with van der Waals surface area (Å²) in [6, 6.07) is 31.2. The number of amides is 2. The lowest BCUT2D eigenvalue weighted by Crippen LogP contribution is -2.54. The van der Waals surface area contributed by atoms with Crippen LogP contribution in [0.3, 0.4) is 0 Å². The molecule has 1 fully saturated rings. The van der Waals surface area contributed by atoms with Crippen LogP contribution in [0.25, 0.3) is 0 Å². The quantitative estimate of drug-likeness (QED) is 0.197. The Bertz CT molecular complexity index is 1710. The minimum Gasteiger partial charge on any atom is -0.497 e. The molecule has 0 unspecified atom stereocenters. The van der Waals surface area contributed by atoms with Gasteiger partial charge in [-0.1, -0.05) is 91.2 Å². The Morgan fingerprint density at radius 2 is 1.48 bits per heavy atom. The third-order valence-electron chi connectivity index (χ3n) is 8.38. The summed E-state index contributed by atoms with van der Waals surface area (Å²) >= 11 is 0. The summed E-state index contributed by atoms with van der Waals surface area (Å²) in [5.74, 6) is -0.169. The molecule has 0 bridgehead atoms. The smallest absolute Gasteiger partial charge is 0.264 e.